The molecule has 4 rings (SSSR count). The van der Waals surface area contributed by atoms with Gasteiger partial charge in [0.2, 0.25) is 0 Å². The zero-order valence-electron chi connectivity index (χ0n) is 15.8. The zero-order chi connectivity index (χ0) is 20.4. The summed E-state index contributed by atoms with van der Waals surface area (Å²) in [5, 5.41) is 10.4. The average Bonchev–Trinajstić information content (AvgIpc) is 2.84. The molecule has 0 spiro atoms. The van der Waals surface area contributed by atoms with Crippen molar-refractivity contribution in [2.75, 3.05) is 30.4 Å². The van der Waals surface area contributed by atoms with Crippen LogP contribution in [0.1, 0.15) is 12.0 Å². The first-order chi connectivity index (χ1) is 14.0. The third kappa shape index (κ3) is 4.29. The van der Waals surface area contributed by atoms with E-state index >= 15 is 0 Å². The zero-order valence-corrected chi connectivity index (χ0v) is 17.4. The number of anilines is 1. The lowest BCUT2D eigenvalue weighted by Gasteiger charge is -2.32. The minimum absolute atomic E-state index is 0.0520. The number of ether oxygens (including phenoxy) is 1. The van der Waals surface area contributed by atoms with E-state index in [4.69, 9.17) is 26.4 Å². The Balaban J connectivity index is 1.66. The Morgan fingerprint density at radius 2 is 1.97 bits per heavy atom. The molecule has 2 aromatic carbocycles. The van der Waals surface area contributed by atoms with Gasteiger partial charge in [0.05, 0.1) is 27.8 Å². The van der Waals surface area contributed by atoms with Crippen molar-refractivity contribution in [2.24, 2.45) is 0 Å². The average molecular weight is 435 g/mol. The second kappa shape index (κ2) is 8.38. The minimum Gasteiger partial charge on any atom is -0.493 e. The molecular formula is C21H23ClN2O4S. The van der Waals surface area contributed by atoms with Gasteiger partial charge in [0, 0.05) is 37.6 Å². The van der Waals surface area contributed by atoms with Gasteiger partial charge in [-0.1, -0.05) is 35.9 Å². The highest BCUT2D eigenvalue weighted by atomic mass is 35.5. The smallest absolute Gasteiger partial charge is 0.131 e. The predicted molar refractivity (Wildman–Crippen MR) is 117 cm³/mol. The Morgan fingerprint density at radius 1 is 1.14 bits per heavy atom. The van der Waals surface area contributed by atoms with Crippen LogP contribution >= 0.6 is 22.2 Å². The molecule has 29 heavy (non-hydrogen) atoms. The van der Waals surface area contributed by atoms with Gasteiger partial charge in [-0.05, 0) is 23.8 Å². The van der Waals surface area contributed by atoms with E-state index in [1.165, 1.54) is 0 Å². The predicted octanol–water partition coefficient (Wildman–Crippen LogP) is 4.78. The summed E-state index contributed by atoms with van der Waals surface area (Å²) in [4.78, 5) is 7.25. The Bertz CT molecular complexity index is 1030. The molecule has 1 aliphatic heterocycles. The Kier molecular flexibility index (Phi) is 5.85. The number of aliphatic hydroxyl groups is 1. The number of para-hydroxylation sites is 1. The van der Waals surface area contributed by atoms with Crippen LogP contribution in [0, 0.1) is 0 Å². The Hall–Kier alpha value is -2.03. The lowest BCUT2D eigenvalue weighted by Crippen LogP contribution is -2.26. The van der Waals surface area contributed by atoms with Gasteiger partial charge in [0.1, 0.15) is 11.6 Å². The number of rotatable bonds is 5. The number of aromatic nitrogens is 1. The molecule has 0 saturated heterocycles. The molecule has 8 heteroatoms. The summed E-state index contributed by atoms with van der Waals surface area (Å²) in [6, 6.07) is 14.9. The van der Waals surface area contributed by atoms with Gasteiger partial charge < -0.3 is 14.7 Å². The number of halogens is 1. The largest absolute Gasteiger partial charge is 0.493 e. The van der Waals surface area contributed by atoms with Crippen molar-refractivity contribution >= 4 is 38.9 Å². The van der Waals surface area contributed by atoms with E-state index in [-0.39, 0.29) is 12.4 Å². The maximum atomic E-state index is 10.8. The van der Waals surface area contributed by atoms with Gasteiger partial charge in [0.25, 0.3) is 0 Å². The highest BCUT2D eigenvalue weighted by Crippen LogP contribution is 2.52. The van der Waals surface area contributed by atoms with Crippen molar-refractivity contribution in [3.8, 4) is 5.75 Å². The molecule has 1 aliphatic rings. The van der Waals surface area contributed by atoms with E-state index in [1.54, 1.807) is 6.07 Å². The maximum Gasteiger partial charge on any atom is 0.131 e. The topological polar surface area (TPSA) is 86.0 Å². The number of aliphatic hydroxyl groups excluding tert-OH is 1. The quantitative estimate of drug-likeness (QED) is 0.501. The van der Waals surface area contributed by atoms with Crippen molar-refractivity contribution in [1.82, 2.24) is 4.98 Å². The first-order valence-corrected chi connectivity index (χ1v) is 11.5. The first kappa shape index (κ1) is 20.3. The molecule has 2 heterocycles. The molecule has 3 aromatic rings. The van der Waals surface area contributed by atoms with Crippen molar-refractivity contribution in [2.45, 2.75) is 17.9 Å². The van der Waals surface area contributed by atoms with Gasteiger partial charge in [-0.15, -0.1) is 0 Å². The Labute approximate surface area is 176 Å². The number of pyridine rings is 1. The fourth-order valence-corrected chi connectivity index (χ4v) is 5.23. The molecule has 6 nitrogen and oxygen atoms in total. The van der Waals surface area contributed by atoms with Crippen LogP contribution in [-0.4, -0.2) is 44.7 Å². The fraction of sp³-hybridized carbons (Fsp3) is 0.286. The number of nitrogens with zero attached hydrogens (tertiary/aromatic N) is 2. The molecular weight excluding hydrogens is 412 g/mol. The number of benzene rings is 2. The van der Waals surface area contributed by atoms with Crippen LogP contribution in [0.25, 0.3) is 10.9 Å². The first-order valence-electron chi connectivity index (χ1n) is 9.41. The molecule has 154 valence electrons. The van der Waals surface area contributed by atoms with E-state index < -0.39 is 10.6 Å². The third-order valence-electron chi connectivity index (χ3n) is 4.95. The highest BCUT2D eigenvalue weighted by molar-refractivity contribution is 8.24. The standard InChI is InChI=1S/C21H23ClN2O4S/c22-18-13-21(23-19-5-2-1-4-17(18)19)24-8-11-29(26,27)20-12-16(28-10-3-9-25)7-6-15(20)14-24/h1-2,4-7,12-13,25-27H,3,8-11,14H2. The van der Waals surface area contributed by atoms with Crippen LogP contribution in [0.2, 0.25) is 5.02 Å². The van der Waals surface area contributed by atoms with E-state index in [0.29, 0.717) is 47.6 Å². The Morgan fingerprint density at radius 3 is 2.79 bits per heavy atom. The molecule has 0 atom stereocenters. The molecule has 1 aromatic heterocycles. The lowest BCUT2D eigenvalue weighted by atomic mass is 10.2. The van der Waals surface area contributed by atoms with Crippen LogP contribution in [0.3, 0.4) is 0 Å². The molecule has 0 amide bonds. The van der Waals surface area contributed by atoms with E-state index in [0.717, 1.165) is 16.5 Å². The molecule has 0 fully saturated rings. The summed E-state index contributed by atoms with van der Waals surface area (Å²) in [7, 11) is -2.96. The van der Waals surface area contributed by atoms with Crippen molar-refractivity contribution in [3.05, 3.63) is 59.1 Å². The summed E-state index contributed by atoms with van der Waals surface area (Å²) in [5.74, 6) is 1.48. The minimum atomic E-state index is -2.96. The normalized spacial score (nSPS) is 16.9. The summed E-state index contributed by atoms with van der Waals surface area (Å²) >= 11 is 6.47. The van der Waals surface area contributed by atoms with Gasteiger partial charge in [0.15, 0.2) is 0 Å². The van der Waals surface area contributed by atoms with Gasteiger partial charge in [-0.3, -0.25) is 9.11 Å². The molecule has 0 bridgehead atoms. The van der Waals surface area contributed by atoms with Crippen molar-refractivity contribution < 1.29 is 18.9 Å². The number of fused-ring (bicyclic) bond motifs is 2. The maximum absolute atomic E-state index is 10.8. The summed E-state index contributed by atoms with van der Waals surface area (Å²) in [6.07, 6.45) is 0.523. The lowest BCUT2D eigenvalue weighted by molar-refractivity contribution is 0.233. The second-order valence-corrected chi connectivity index (χ2v) is 9.56. The van der Waals surface area contributed by atoms with E-state index in [1.807, 2.05) is 47.4 Å². The number of hydrogen-bond acceptors (Lipinski definition) is 6. The molecule has 0 aliphatic carbocycles. The van der Waals surface area contributed by atoms with E-state index in [2.05, 4.69) is 0 Å². The molecule has 0 unspecified atom stereocenters. The summed E-state index contributed by atoms with van der Waals surface area (Å²) in [5.41, 5.74) is 1.63. The SMILES string of the molecule is OCCCOc1ccc2c(c1)S(O)(O)CCN(c1cc(Cl)c3ccccc3n1)C2. The second-order valence-electron chi connectivity index (χ2n) is 6.97. The molecule has 0 radical (unpaired) electrons. The van der Waals surface area contributed by atoms with Gasteiger partial charge in [-0.25, -0.2) is 4.98 Å². The molecule has 3 N–H and O–H groups in total. The van der Waals surface area contributed by atoms with Crippen LogP contribution in [-0.2, 0) is 6.54 Å². The molecule has 0 saturated carbocycles. The van der Waals surface area contributed by atoms with Gasteiger partial charge in [-0.2, -0.15) is 10.6 Å². The number of hydrogen-bond donors (Lipinski definition) is 3. The van der Waals surface area contributed by atoms with Crippen LogP contribution < -0.4 is 9.64 Å². The van der Waals surface area contributed by atoms with Crippen LogP contribution in [0.15, 0.2) is 53.4 Å². The van der Waals surface area contributed by atoms with Crippen molar-refractivity contribution in [3.63, 3.8) is 0 Å². The van der Waals surface area contributed by atoms with E-state index in [9.17, 15) is 9.11 Å². The highest BCUT2D eigenvalue weighted by Gasteiger charge is 2.27. The summed E-state index contributed by atoms with van der Waals surface area (Å²) < 4.78 is 27.1. The monoisotopic (exact) mass is 434 g/mol. The van der Waals surface area contributed by atoms with Crippen LogP contribution in [0.4, 0.5) is 5.82 Å². The van der Waals surface area contributed by atoms with Crippen LogP contribution in [0.5, 0.6) is 5.75 Å². The third-order valence-corrected chi connectivity index (χ3v) is 7.09. The fourth-order valence-electron chi connectivity index (χ4n) is 3.42. The van der Waals surface area contributed by atoms with Gasteiger partial charge >= 0.3 is 0 Å². The summed E-state index contributed by atoms with van der Waals surface area (Å²) in [6.45, 7) is 1.36. The van der Waals surface area contributed by atoms with Crippen molar-refractivity contribution in [1.29, 1.82) is 0 Å².